The summed E-state index contributed by atoms with van der Waals surface area (Å²) in [5, 5.41) is 9.33. The maximum Gasteiger partial charge on any atom is 0.126 e. The lowest BCUT2D eigenvalue weighted by Gasteiger charge is -2.14. The van der Waals surface area contributed by atoms with E-state index in [-0.39, 0.29) is 5.75 Å². The number of ether oxygens (including phenoxy) is 1. The molecule has 1 aromatic rings. The Balaban J connectivity index is 2.31. The number of methoxy groups -OCH3 is 1. The zero-order valence-corrected chi connectivity index (χ0v) is 8.49. The molecule has 0 amide bonds. The molecule has 0 bridgehead atoms. The van der Waals surface area contributed by atoms with Crippen LogP contribution in [-0.2, 0) is 0 Å². The molecule has 1 aromatic carbocycles. The standard InChI is InChI=1S/C12H16O2/c1-14-12-8-10(13)6-7-11(12)9-4-2-3-5-9/h6-9,13H,2-5H2,1H3. The Bertz CT molecular complexity index is 314. The first-order valence-corrected chi connectivity index (χ1v) is 5.18. The lowest BCUT2D eigenvalue weighted by atomic mass is 9.96. The number of benzene rings is 1. The lowest BCUT2D eigenvalue weighted by Crippen LogP contribution is -1.96. The summed E-state index contributed by atoms with van der Waals surface area (Å²) in [6, 6.07) is 5.44. The number of phenolic OH excluding ortho intramolecular Hbond substituents is 1. The van der Waals surface area contributed by atoms with Crippen LogP contribution in [0.5, 0.6) is 11.5 Å². The maximum absolute atomic E-state index is 9.33. The first-order chi connectivity index (χ1) is 6.81. The quantitative estimate of drug-likeness (QED) is 0.780. The third kappa shape index (κ3) is 1.69. The van der Waals surface area contributed by atoms with Crippen LogP contribution in [0, 0.1) is 0 Å². The van der Waals surface area contributed by atoms with Crippen molar-refractivity contribution in [3.05, 3.63) is 23.8 Å². The fraction of sp³-hybridized carbons (Fsp3) is 0.500. The van der Waals surface area contributed by atoms with E-state index in [0.29, 0.717) is 5.92 Å². The number of hydrogen-bond acceptors (Lipinski definition) is 2. The minimum Gasteiger partial charge on any atom is -0.508 e. The van der Waals surface area contributed by atoms with Crippen molar-refractivity contribution in [3.63, 3.8) is 0 Å². The molecule has 2 nitrogen and oxygen atoms in total. The molecule has 1 N–H and O–H groups in total. The van der Waals surface area contributed by atoms with Crippen molar-refractivity contribution in [1.29, 1.82) is 0 Å². The van der Waals surface area contributed by atoms with Gasteiger partial charge < -0.3 is 9.84 Å². The monoisotopic (exact) mass is 192 g/mol. The highest BCUT2D eigenvalue weighted by Gasteiger charge is 2.20. The van der Waals surface area contributed by atoms with Gasteiger partial charge in [-0.25, -0.2) is 0 Å². The fourth-order valence-corrected chi connectivity index (χ4v) is 2.27. The van der Waals surface area contributed by atoms with Crippen molar-refractivity contribution in [2.75, 3.05) is 7.11 Å². The molecule has 1 saturated carbocycles. The highest BCUT2D eigenvalue weighted by molar-refractivity contribution is 5.42. The summed E-state index contributed by atoms with van der Waals surface area (Å²) < 4.78 is 5.28. The molecule has 1 fully saturated rings. The van der Waals surface area contributed by atoms with Crippen molar-refractivity contribution >= 4 is 0 Å². The number of aromatic hydroxyl groups is 1. The van der Waals surface area contributed by atoms with Crippen LogP contribution in [0.15, 0.2) is 18.2 Å². The van der Waals surface area contributed by atoms with E-state index in [1.165, 1.54) is 31.2 Å². The second-order valence-corrected chi connectivity index (χ2v) is 3.91. The molecule has 0 radical (unpaired) electrons. The summed E-state index contributed by atoms with van der Waals surface area (Å²) in [7, 11) is 1.66. The Labute approximate surface area is 84.5 Å². The average Bonchev–Trinajstić information content (AvgIpc) is 2.70. The molecule has 0 saturated heterocycles. The summed E-state index contributed by atoms with van der Waals surface area (Å²) in [5.41, 5.74) is 1.25. The molecule has 2 rings (SSSR count). The predicted octanol–water partition coefficient (Wildman–Crippen LogP) is 3.06. The van der Waals surface area contributed by atoms with Crippen LogP contribution >= 0.6 is 0 Å². The molecule has 1 aliphatic rings. The third-order valence-electron chi connectivity index (χ3n) is 3.01. The minimum absolute atomic E-state index is 0.281. The van der Waals surface area contributed by atoms with E-state index < -0.39 is 0 Å². The molecule has 76 valence electrons. The molecule has 1 aliphatic carbocycles. The SMILES string of the molecule is COc1cc(O)ccc1C1CCCC1. The zero-order valence-electron chi connectivity index (χ0n) is 8.49. The van der Waals surface area contributed by atoms with Gasteiger partial charge in [0.25, 0.3) is 0 Å². The number of rotatable bonds is 2. The number of hydrogen-bond donors (Lipinski definition) is 1. The summed E-state index contributed by atoms with van der Waals surface area (Å²) in [5.74, 6) is 1.74. The molecule has 0 unspecified atom stereocenters. The molecule has 0 atom stereocenters. The average molecular weight is 192 g/mol. The fourth-order valence-electron chi connectivity index (χ4n) is 2.27. The van der Waals surface area contributed by atoms with Gasteiger partial charge in [-0.05, 0) is 30.4 Å². The predicted molar refractivity (Wildman–Crippen MR) is 55.9 cm³/mol. The van der Waals surface area contributed by atoms with Gasteiger partial charge in [-0.15, -0.1) is 0 Å². The Morgan fingerprint density at radius 1 is 1.29 bits per heavy atom. The van der Waals surface area contributed by atoms with Gasteiger partial charge in [0.2, 0.25) is 0 Å². The molecule has 0 aliphatic heterocycles. The first kappa shape index (κ1) is 9.38. The molecule has 0 aromatic heterocycles. The zero-order chi connectivity index (χ0) is 9.97. The molecule has 0 spiro atoms. The second kappa shape index (κ2) is 3.91. The third-order valence-corrected chi connectivity index (χ3v) is 3.01. The van der Waals surface area contributed by atoms with Crippen LogP contribution in [0.3, 0.4) is 0 Å². The van der Waals surface area contributed by atoms with Crippen molar-refractivity contribution in [1.82, 2.24) is 0 Å². The van der Waals surface area contributed by atoms with Crippen molar-refractivity contribution < 1.29 is 9.84 Å². The Morgan fingerprint density at radius 3 is 2.64 bits per heavy atom. The van der Waals surface area contributed by atoms with Gasteiger partial charge in [-0.1, -0.05) is 18.9 Å². The van der Waals surface area contributed by atoms with Gasteiger partial charge in [-0.2, -0.15) is 0 Å². The van der Waals surface area contributed by atoms with Crippen LogP contribution < -0.4 is 4.74 Å². The van der Waals surface area contributed by atoms with Crippen LogP contribution in [0.2, 0.25) is 0 Å². The first-order valence-electron chi connectivity index (χ1n) is 5.18. The summed E-state index contributed by atoms with van der Waals surface area (Å²) in [6.45, 7) is 0. The molecule has 14 heavy (non-hydrogen) atoms. The van der Waals surface area contributed by atoms with Gasteiger partial charge in [0.1, 0.15) is 11.5 Å². The topological polar surface area (TPSA) is 29.5 Å². The second-order valence-electron chi connectivity index (χ2n) is 3.91. The van der Waals surface area contributed by atoms with Gasteiger partial charge in [0, 0.05) is 6.07 Å². The summed E-state index contributed by atoms with van der Waals surface area (Å²) >= 11 is 0. The molecular formula is C12H16O2. The van der Waals surface area contributed by atoms with E-state index in [1.807, 2.05) is 6.07 Å². The summed E-state index contributed by atoms with van der Waals surface area (Å²) in [6.07, 6.45) is 5.13. The lowest BCUT2D eigenvalue weighted by molar-refractivity contribution is 0.398. The van der Waals surface area contributed by atoms with Crippen LogP contribution in [0.4, 0.5) is 0 Å². The van der Waals surface area contributed by atoms with E-state index in [0.717, 1.165) is 5.75 Å². The normalized spacial score (nSPS) is 17.2. The Morgan fingerprint density at radius 2 is 2.00 bits per heavy atom. The minimum atomic E-state index is 0.281. The van der Waals surface area contributed by atoms with E-state index in [4.69, 9.17) is 4.74 Å². The summed E-state index contributed by atoms with van der Waals surface area (Å²) in [4.78, 5) is 0. The largest absolute Gasteiger partial charge is 0.508 e. The highest BCUT2D eigenvalue weighted by Crippen LogP contribution is 2.39. The Hall–Kier alpha value is -1.18. The van der Waals surface area contributed by atoms with Gasteiger partial charge in [0.05, 0.1) is 7.11 Å². The van der Waals surface area contributed by atoms with Crippen LogP contribution in [0.25, 0.3) is 0 Å². The van der Waals surface area contributed by atoms with E-state index in [2.05, 4.69) is 0 Å². The van der Waals surface area contributed by atoms with Crippen LogP contribution in [-0.4, -0.2) is 12.2 Å². The Kier molecular flexibility index (Phi) is 2.62. The van der Waals surface area contributed by atoms with E-state index >= 15 is 0 Å². The van der Waals surface area contributed by atoms with E-state index in [1.54, 1.807) is 19.2 Å². The van der Waals surface area contributed by atoms with Crippen molar-refractivity contribution in [3.8, 4) is 11.5 Å². The van der Waals surface area contributed by atoms with Gasteiger partial charge >= 0.3 is 0 Å². The van der Waals surface area contributed by atoms with E-state index in [9.17, 15) is 5.11 Å². The van der Waals surface area contributed by atoms with Crippen molar-refractivity contribution in [2.45, 2.75) is 31.6 Å². The van der Waals surface area contributed by atoms with Crippen molar-refractivity contribution in [2.24, 2.45) is 0 Å². The maximum atomic E-state index is 9.33. The smallest absolute Gasteiger partial charge is 0.126 e. The van der Waals surface area contributed by atoms with Gasteiger partial charge in [-0.3, -0.25) is 0 Å². The molecule has 0 heterocycles. The molecular weight excluding hydrogens is 176 g/mol. The highest BCUT2D eigenvalue weighted by atomic mass is 16.5. The van der Waals surface area contributed by atoms with Gasteiger partial charge in [0.15, 0.2) is 0 Å². The molecule has 2 heteroatoms. The van der Waals surface area contributed by atoms with Crippen LogP contribution in [0.1, 0.15) is 37.2 Å². The number of phenols is 1.